The first-order chi connectivity index (χ1) is 9.08. The smallest absolute Gasteiger partial charge is 0.161 e. The lowest BCUT2D eigenvalue weighted by atomic mass is 10.1. The second-order valence-electron chi connectivity index (χ2n) is 5.19. The van der Waals surface area contributed by atoms with Gasteiger partial charge in [0.2, 0.25) is 0 Å². The molecule has 0 radical (unpaired) electrons. The lowest BCUT2D eigenvalue weighted by Gasteiger charge is -2.25. The second kappa shape index (κ2) is 6.53. The number of likely N-dealkylation sites (tertiary alicyclic amines) is 1. The molecule has 1 saturated heterocycles. The minimum Gasteiger partial charge on any atom is -0.373 e. The van der Waals surface area contributed by atoms with Gasteiger partial charge in [0.25, 0.3) is 0 Å². The molecule has 1 aliphatic heterocycles. The van der Waals surface area contributed by atoms with Crippen molar-refractivity contribution in [2.45, 2.75) is 19.8 Å². The van der Waals surface area contributed by atoms with E-state index in [9.17, 15) is 4.79 Å². The van der Waals surface area contributed by atoms with Crippen molar-refractivity contribution in [3.8, 4) is 0 Å². The summed E-state index contributed by atoms with van der Waals surface area (Å²) in [7, 11) is 2.06. The minimum atomic E-state index is 0.121. The molecule has 104 valence electrons. The fourth-order valence-electron chi connectivity index (χ4n) is 2.54. The lowest BCUT2D eigenvalue weighted by molar-refractivity contribution is 0.101. The van der Waals surface area contributed by atoms with Gasteiger partial charge in [-0.2, -0.15) is 0 Å². The highest BCUT2D eigenvalue weighted by Gasteiger charge is 2.15. The topological polar surface area (TPSA) is 23.6 Å². The molecule has 0 atom stereocenters. The van der Waals surface area contributed by atoms with Crippen LogP contribution in [0.5, 0.6) is 0 Å². The molecule has 0 aromatic heterocycles. The van der Waals surface area contributed by atoms with Crippen LogP contribution in [0.3, 0.4) is 0 Å². The van der Waals surface area contributed by atoms with Gasteiger partial charge in [0, 0.05) is 35.9 Å². The van der Waals surface area contributed by atoms with Gasteiger partial charge in [-0.05, 0) is 51.1 Å². The number of rotatable bonds is 5. The molecule has 3 nitrogen and oxygen atoms in total. The van der Waals surface area contributed by atoms with Crippen molar-refractivity contribution in [1.82, 2.24) is 4.90 Å². The number of likely N-dealkylation sites (N-methyl/N-ethyl adjacent to an activating group) is 1. The second-order valence-corrected chi connectivity index (χ2v) is 6.10. The summed E-state index contributed by atoms with van der Waals surface area (Å²) in [6, 6.07) is 5.85. The highest BCUT2D eigenvalue weighted by molar-refractivity contribution is 9.10. The summed E-state index contributed by atoms with van der Waals surface area (Å²) in [5.41, 5.74) is 1.81. The van der Waals surface area contributed by atoms with Gasteiger partial charge in [-0.25, -0.2) is 0 Å². The van der Waals surface area contributed by atoms with E-state index < -0.39 is 0 Å². The molecule has 0 aliphatic carbocycles. The summed E-state index contributed by atoms with van der Waals surface area (Å²) in [5.74, 6) is 0.121. The Balaban J connectivity index is 2.06. The molecule has 2 rings (SSSR count). The number of nitrogens with zero attached hydrogens (tertiary/aromatic N) is 2. The van der Waals surface area contributed by atoms with Crippen LogP contribution in [0.1, 0.15) is 30.1 Å². The van der Waals surface area contributed by atoms with E-state index in [1.807, 2.05) is 18.2 Å². The molecule has 0 bridgehead atoms. The SMILES string of the molecule is CC(=O)c1ccc(Br)cc1N(C)CCN1CCCC1. The standard InChI is InChI=1S/C15H21BrN2O/c1-12(19)14-6-5-13(16)11-15(14)17(2)9-10-18-7-3-4-8-18/h5-6,11H,3-4,7-10H2,1-2H3. The van der Waals surface area contributed by atoms with Crippen molar-refractivity contribution in [3.05, 3.63) is 28.2 Å². The van der Waals surface area contributed by atoms with Crippen LogP contribution in [0.2, 0.25) is 0 Å². The fraction of sp³-hybridized carbons (Fsp3) is 0.533. The van der Waals surface area contributed by atoms with Crippen molar-refractivity contribution < 1.29 is 4.79 Å². The molecule has 4 heteroatoms. The third-order valence-electron chi connectivity index (χ3n) is 3.70. The normalized spacial score (nSPS) is 15.7. The first-order valence-electron chi connectivity index (χ1n) is 6.82. The Bertz CT molecular complexity index is 455. The Morgan fingerprint density at radius 3 is 2.68 bits per heavy atom. The number of anilines is 1. The van der Waals surface area contributed by atoms with Crippen molar-refractivity contribution in [3.63, 3.8) is 0 Å². The summed E-state index contributed by atoms with van der Waals surface area (Å²) in [5, 5.41) is 0. The van der Waals surface area contributed by atoms with E-state index in [0.717, 1.165) is 28.8 Å². The Hall–Kier alpha value is -0.870. The largest absolute Gasteiger partial charge is 0.373 e. The number of carbonyl (C=O) groups is 1. The molecule has 0 saturated carbocycles. The van der Waals surface area contributed by atoms with Crippen molar-refractivity contribution >= 4 is 27.4 Å². The first kappa shape index (κ1) is 14.5. The minimum absolute atomic E-state index is 0.121. The summed E-state index contributed by atoms with van der Waals surface area (Å²) in [6.45, 7) is 6.08. The van der Waals surface area contributed by atoms with Gasteiger partial charge >= 0.3 is 0 Å². The Morgan fingerprint density at radius 2 is 2.05 bits per heavy atom. The van der Waals surface area contributed by atoms with Gasteiger partial charge in [0.05, 0.1) is 0 Å². The average molecular weight is 325 g/mol. The van der Waals surface area contributed by atoms with Crippen LogP contribution in [-0.2, 0) is 0 Å². The fourth-order valence-corrected chi connectivity index (χ4v) is 2.89. The van der Waals surface area contributed by atoms with Crippen LogP contribution in [-0.4, -0.2) is 43.9 Å². The Labute approximate surface area is 123 Å². The third kappa shape index (κ3) is 3.80. The summed E-state index contributed by atoms with van der Waals surface area (Å²) in [4.78, 5) is 16.4. The maximum atomic E-state index is 11.7. The Morgan fingerprint density at radius 1 is 1.37 bits per heavy atom. The maximum Gasteiger partial charge on any atom is 0.161 e. The molecule has 0 spiro atoms. The van der Waals surface area contributed by atoms with Gasteiger partial charge in [-0.15, -0.1) is 0 Å². The molecule has 1 aromatic rings. The quantitative estimate of drug-likeness (QED) is 0.777. The summed E-state index contributed by atoms with van der Waals surface area (Å²) in [6.07, 6.45) is 2.64. The van der Waals surface area contributed by atoms with Crippen LogP contribution in [0.4, 0.5) is 5.69 Å². The number of hydrogen-bond donors (Lipinski definition) is 0. The number of benzene rings is 1. The van der Waals surface area contributed by atoms with Crippen LogP contribution >= 0.6 is 15.9 Å². The molecule has 1 aromatic carbocycles. The average Bonchev–Trinajstić information content (AvgIpc) is 2.88. The molecule has 1 heterocycles. The third-order valence-corrected chi connectivity index (χ3v) is 4.19. The predicted molar refractivity (Wildman–Crippen MR) is 83.1 cm³/mol. The molecule has 1 aliphatic rings. The molecular weight excluding hydrogens is 304 g/mol. The van der Waals surface area contributed by atoms with Crippen molar-refractivity contribution in [1.29, 1.82) is 0 Å². The Kier molecular flexibility index (Phi) is 4.99. The van der Waals surface area contributed by atoms with Gasteiger partial charge in [-0.3, -0.25) is 4.79 Å². The van der Waals surface area contributed by atoms with E-state index in [1.54, 1.807) is 6.92 Å². The van der Waals surface area contributed by atoms with Crippen molar-refractivity contribution in [2.75, 3.05) is 38.1 Å². The molecule has 0 amide bonds. The van der Waals surface area contributed by atoms with Crippen LogP contribution in [0.25, 0.3) is 0 Å². The first-order valence-corrected chi connectivity index (χ1v) is 7.61. The van der Waals surface area contributed by atoms with E-state index in [1.165, 1.54) is 25.9 Å². The van der Waals surface area contributed by atoms with E-state index in [-0.39, 0.29) is 5.78 Å². The number of Topliss-reactive ketones (excluding diaryl/α,β-unsaturated/α-hetero) is 1. The number of halogens is 1. The molecule has 19 heavy (non-hydrogen) atoms. The predicted octanol–water partition coefficient (Wildman–Crippen LogP) is 3.18. The van der Waals surface area contributed by atoms with Gasteiger partial charge < -0.3 is 9.80 Å². The molecule has 1 fully saturated rings. The monoisotopic (exact) mass is 324 g/mol. The van der Waals surface area contributed by atoms with Gasteiger partial charge in [-0.1, -0.05) is 15.9 Å². The van der Waals surface area contributed by atoms with E-state index in [2.05, 4.69) is 32.8 Å². The highest BCUT2D eigenvalue weighted by Crippen LogP contribution is 2.25. The number of carbonyl (C=O) groups excluding carboxylic acids is 1. The van der Waals surface area contributed by atoms with Crippen LogP contribution in [0.15, 0.2) is 22.7 Å². The molecular formula is C15H21BrN2O. The molecule has 0 N–H and O–H groups in total. The highest BCUT2D eigenvalue weighted by atomic mass is 79.9. The van der Waals surface area contributed by atoms with Gasteiger partial charge in [0.1, 0.15) is 0 Å². The number of ketones is 1. The number of hydrogen-bond acceptors (Lipinski definition) is 3. The summed E-state index contributed by atoms with van der Waals surface area (Å²) < 4.78 is 1.01. The van der Waals surface area contributed by atoms with E-state index in [0.29, 0.717) is 0 Å². The lowest BCUT2D eigenvalue weighted by Crippen LogP contribution is -2.32. The van der Waals surface area contributed by atoms with Crippen molar-refractivity contribution in [2.24, 2.45) is 0 Å². The van der Waals surface area contributed by atoms with Gasteiger partial charge in [0.15, 0.2) is 5.78 Å². The van der Waals surface area contributed by atoms with E-state index in [4.69, 9.17) is 0 Å². The molecule has 0 unspecified atom stereocenters. The van der Waals surface area contributed by atoms with Crippen LogP contribution < -0.4 is 4.90 Å². The van der Waals surface area contributed by atoms with Crippen LogP contribution in [0, 0.1) is 0 Å². The van der Waals surface area contributed by atoms with E-state index >= 15 is 0 Å². The summed E-state index contributed by atoms with van der Waals surface area (Å²) >= 11 is 3.48. The zero-order valence-electron chi connectivity index (χ0n) is 11.7. The zero-order chi connectivity index (χ0) is 13.8. The maximum absolute atomic E-state index is 11.7. The zero-order valence-corrected chi connectivity index (χ0v) is 13.2.